The Balaban J connectivity index is 0.00000341. The van der Waals surface area contributed by atoms with Gasteiger partial charge in [-0.1, -0.05) is 36.4 Å². The van der Waals surface area contributed by atoms with Gasteiger partial charge in [-0.15, -0.1) is 24.0 Å². The standard InChI is InChI=1S/C24H28N4O2.HI/c1-3-25-24(28-17-20-10-4-5-13-23(20)29-2)27-16-19-9-8-12-22(15-19)30-18-21-11-6-7-14-26-21;/h4-15H,3,16-18H2,1-2H3,(H2,25,27,28);1H. The van der Waals surface area contributed by atoms with Gasteiger partial charge in [0.15, 0.2) is 5.96 Å². The Morgan fingerprint density at radius 3 is 2.61 bits per heavy atom. The molecule has 164 valence electrons. The number of guanidine groups is 1. The Labute approximate surface area is 201 Å². The van der Waals surface area contributed by atoms with Crippen LogP contribution in [0.4, 0.5) is 0 Å². The average Bonchev–Trinajstić information content (AvgIpc) is 2.80. The number of hydrogen-bond donors (Lipinski definition) is 2. The third-order valence-corrected chi connectivity index (χ3v) is 4.41. The molecule has 0 aliphatic carbocycles. The van der Waals surface area contributed by atoms with E-state index in [4.69, 9.17) is 14.5 Å². The molecule has 0 saturated carbocycles. The van der Waals surface area contributed by atoms with Crippen LogP contribution in [0.3, 0.4) is 0 Å². The maximum Gasteiger partial charge on any atom is 0.191 e. The summed E-state index contributed by atoms with van der Waals surface area (Å²) >= 11 is 0. The molecule has 0 spiro atoms. The van der Waals surface area contributed by atoms with E-state index >= 15 is 0 Å². The molecule has 6 nitrogen and oxygen atoms in total. The van der Waals surface area contributed by atoms with E-state index in [1.807, 2.05) is 73.7 Å². The summed E-state index contributed by atoms with van der Waals surface area (Å²) in [4.78, 5) is 8.98. The molecule has 7 heteroatoms. The van der Waals surface area contributed by atoms with Gasteiger partial charge >= 0.3 is 0 Å². The van der Waals surface area contributed by atoms with Crippen molar-refractivity contribution in [2.45, 2.75) is 26.6 Å². The number of nitrogens with zero attached hydrogens (tertiary/aromatic N) is 2. The van der Waals surface area contributed by atoms with Gasteiger partial charge in [0.1, 0.15) is 18.1 Å². The summed E-state index contributed by atoms with van der Waals surface area (Å²) in [5, 5.41) is 6.64. The third kappa shape index (κ3) is 8.09. The molecule has 0 unspecified atom stereocenters. The number of ether oxygens (including phenoxy) is 2. The molecule has 0 amide bonds. The predicted molar refractivity (Wildman–Crippen MR) is 135 cm³/mol. The molecule has 0 atom stereocenters. The van der Waals surface area contributed by atoms with Gasteiger partial charge in [0, 0.05) is 24.8 Å². The number of benzene rings is 2. The first-order valence-electron chi connectivity index (χ1n) is 10.0. The zero-order chi connectivity index (χ0) is 21.0. The Kier molecular flexibility index (Phi) is 10.6. The normalized spacial score (nSPS) is 10.7. The minimum atomic E-state index is 0. The van der Waals surface area contributed by atoms with Crippen LogP contribution in [-0.2, 0) is 19.7 Å². The quantitative estimate of drug-likeness (QED) is 0.241. The van der Waals surface area contributed by atoms with Crippen molar-refractivity contribution < 1.29 is 9.47 Å². The van der Waals surface area contributed by atoms with Crippen LogP contribution >= 0.6 is 24.0 Å². The maximum absolute atomic E-state index is 5.86. The first kappa shape index (κ1) is 24.5. The topological polar surface area (TPSA) is 67.8 Å². The highest BCUT2D eigenvalue weighted by molar-refractivity contribution is 14.0. The minimum absolute atomic E-state index is 0. The van der Waals surface area contributed by atoms with Crippen LogP contribution in [0.15, 0.2) is 77.9 Å². The summed E-state index contributed by atoms with van der Waals surface area (Å²) < 4.78 is 11.3. The first-order valence-corrected chi connectivity index (χ1v) is 10.0. The van der Waals surface area contributed by atoms with E-state index in [0.717, 1.165) is 40.8 Å². The van der Waals surface area contributed by atoms with Crippen LogP contribution in [0.25, 0.3) is 0 Å². The van der Waals surface area contributed by atoms with E-state index in [9.17, 15) is 0 Å². The number of halogens is 1. The summed E-state index contributed by atoms with van der Waals surface area (Å²) in [7, 11) is 1.68. The van der Waals surface area contributed by atoms with Crippen molar-refractivity contribution in [1.82, 2.24) is 15.6 Å². The number of hydrogen-bond acceptors (Lipinski definition) is 4. The molecule has 1 heterocycles. The average molecular weight is 532 g/mol. The number of nitrogens with one attached hydrogen (secondary N) is 2. The molecule has 31 heavy (non-hydrogen) atoms. The molecule has 3 aromatic rings. The lowest BCUT2D eigenvalue weighted by atomic mass is 10.2. The van der Waals surface area contributed by atoms with Gasteiger partial charge in [0.2, 0.25) is 0 Å². The second-order valence-electron chi connectivity index (χ2n) is 6.62. The molecule has 0 aliphatic heterocycles. The lowest BCUT2D eigenvalue weighted by Gasteiger charge is -2.13. The number of aliphatic imine (C=N–C) groups is 1. The van der Waals surface area contributed by atoms with Crippen LogP contribution in [-0.4, -0.2) is 24.6 Å². The molecule has 0 aliphatic rings. The monoisotopic (exact) mass is 532 g/mol. The van der Waals surface area contributed by atoms with Gasteiger partial charge in [-0.25, -0.2) is 4.99 Å². The van der Waals surface area contributed by atoms with Gasteiger partial charge in [-0.05, 0) is 42.8 Å². The van der Waals surface area contributed by atoms with E-state index in [1.54, 1.807) is 13.3 Å². The minimum Gasteiger partial charge on any atom is -0.496 e. The number of rotatable bonds is 9. The number of methoxy groups -OCH3 is 1. The fourth-order valence-corrected chi connectivity index (χ4v) is 2.91. The van der Waals surface area contributed by atoms with Gasteiger partial charge < -0.3 is 20.1 Å². The summed E-state index contributed by atoms with van der Waals surface area (Å²) in [6.45, 7) is 4.44. The molecule has 0 bridgehead atoms. The molecule has 2 aromatic carbocycles. The van der Waals surface area contributed by atoms with Crippen molar-refractivity contribution in [3.05, 3.63) is 89.7 Å². The third-order valence-electron chi connectivity index (χ3n) is 4.41. The lowest BCUT2D eigenvalue weighted by Crippen LogP contribution is -2.36. The fourth-order valence-electron chi connectivity index (χ4n) is 2.91. The highest BCUT2D eigenvalue weighted by Gasteiger charge is 2.04. The molecular formula is C24H29IN4O2. The van der Waals surface area contributed by atoms with E-state index < -0.39 is 0 Å². The van der Waals surface area contributed by atoms with Crippen molar-refractivity contribution in [3.8, 4) is 11.5 Å². The number of aromatic nitrogens is 1. The van der Waals surface area contributed by atoms with E-state index in [1.165, 1.54) is 0 Å². The Bertz CT molecular complexity index is 951. The smallest absolute Gasteiger partial charge is 0.191 e. The highest BCUT2D eigenvalue weighted by Crippen LogP contribution is 2.17. The van der Waals surface area contributed by atoms with Crippen LogP contribution < -0.4 is 20.1 Å². The van der Waals surface area contributed by atoms with E-state index in [2.05, 4.69) is 15.6 Å². The zero-order valence-electron chi connectivity index (χ0n) is 17.9. The summed E-state index contributed by atoms with van der Waals surface area (Å²) in [6, 6.07) is 21.7. The second-order valence-corrected chi connectivity index (χ2v) is 6.62. The Hall–Kier alpha value is -2.81. The fraction of sp³-hybridized carbons (Fsp3) is 0.250. The van der Waals surface area contributed by atoms with Crippen LogP contribution in [0, 0.1) is 0 Å². The molecule has 0 fully saturated rings. The van der Waals surface area contributed by atoms with E-state index in [0.29, 0.717) is 19.7 Å². The maximum atomic E-state index is 5.86. The Morgan fingerprint density at radius 1 is 1.00 bits per heavy atom. The zero-order valence-corrected chi connectivity index (χ0v) is 20.2. The number of pyridine rings is 1. The second kappa shape index (κ2) is 13.5. The SMILES string of the molecule is CCNC(=NCc1cccc(OCc2ccccn2)c1)NCc1ccccc1OC.I. The molecule has 1 aromatic heterocycles. The van der Waals surface area contributed by atoms with Gasteiger partial charge in [0.25, 0.3) is 0 Å². The molecule has 0 saturated heterocycles. The van der Waals surface area contributed by atoms with Gasteiger partial charge in [-0.3, -0.25) is 4.98 Å². The molecular weight excluding hydrogens is 503 g/mol. The summed E-state index contributed by atoms with van der Waals surface area (Å²) in [6.07, 6.45) is 1.77. The van der Waals surface area contributed by atoms with Crippen molar-refractivity contribution in [2.24, 2.45) is 4.99 Å². The van der Waals surface area contributed by atoms with Crippen molar-refractivity contribution in [2.75, 3.05) is 13.7 Å². The van der Waals surface area contributed by atoms with Crippen LogP contribution in [0.5, 0.6) is 11.5 Å². The van der Waals surface area contributed by atoms with Crippen molar-refractivity contribution in [3.63, 3.8) is 0 Å². The summed E-state index contributed by atoms with van der Waals surface area (Å²) in [5.74, 6) is 2.42. The largest absolute Gasteiger partial charge is 0.496 e. The molecule has 3 rings (SSSR count). The van der Waals surface area contributed by atoms with Gasteiger partial charge in [0.05, 0.1) is 19.3 Å². The van der Waals surface area contributed by atoms with Crippen LogP contribution in [0.2, 0.25) is 0 Å². The highest BCUT2D eigenvalue weighted by atomic mass is 127. The molecule has 2 N–H and O–H groups in total. The van der Waals surface area contributed by atoms with Crippen LogP contribution in [0.1, 0.15) is 23.7 Å². The van der Waals surface area contributed by atoms with E-state index in [-0.39, 0.29) is 24.0 Å². The number of para-hydroxylation sites is 1. The first-order chi connectivity index (χ1) is 14.8. The predicted octanol–water partition coefficient (Wildman–Crippen LogP) is 4.54. The summed E-state index contributed by atoms with van der Waals surface area (Å²) in [5.41, 5.74) is 3.05. The van der Waals surface area contributed by atoms with Crippen molar-refractivity contribution >= 4 is 29.9 Å². The van der Waals surface area contributed by atoms with Gasteiger partial charge in [-0.2, -0.15) is 0 Å². The van der Waals surface area contributed by atoms with Crippen molar-refractivity contribution in [1.29, 1.82) is 0 Å². The lowest BCUT2D eigenvalue weighted by molar-refractivity contribution is 0.301. The molecule has 0 radical (unpaired) electrons. The Morgan fingerprint density at radius 2 is 1.84 bits per heavy atom.